The molecule has 4 aromatic rings. The Morgan fingerprint density at radius 3 is 2.00 bits per heavy atom. The summed E-state index contributed by atoms with van der Waals surface area (Å²) in [6, 6.07) is 16.9. The first-order chi connectivity index (χ1) is 18.8. The van der Waals surface area contributed by atoms with E-state index in [0.717, 1.165) is 16.7 Å². The number of hydrogen-bond donors (Lipinski definition) is 2. The van der Waals surface area contributed by atoms with E-state index in [1.54, 1.807) is 42.5 Å². The smallest absolute Gasteiger partial charge is 0.425 e. The van der Waals surface area contributed by atoms with Crippen LogP contribution in [0.15, 0.2) is 86.0 Å². The molecule has 0 aliphatic heterocycles. The lowest BCUT2D eigenvalue weighted by atomic mass is 10.1. The van der Waals surface area contributed by atoms with Crippen LogP contribution in [0.5, 0.6) is 5.75 Å². The quantitative estimate of drug-likeness (QED) is 0.147. The van der Waals surface area contributed by atoms with Gasteiger partial charge in [0.25, 0.3) is 10.1 Å². The zero-order valence-corrected chi connectivity index (χ0v) is 23.5. The molecule has 0 spiro atoms. The third-order valence-corrected chi connectivity index (χ3v) is 6.64. The van der Waals surface area contributed by atoms with Crippen molar-refractivity contribution in [3.63, 3.8) is 0 Å². The molecule has 0 saturated carbocycles. The van der Waals surface area contributed by atoms with E-state index in [1.165, 1.54) is 13.2 Å². The molecule has 40 heavy (non-hydrogen) atoms. The number of hydrogen-bond acceptors (Lipinski definition) is 11. The van der Waals surface area contributed by atoms with Crippen LogP contribution in [-0.2, 0) is 20.7 Å². The van der Waals surface area contributed by atoms with Gasteiger partial charge in [0.1, 0.15) is 16.3 Å². The molecule has 14 heteroatoms. The van der Waals surface area contributed by atoms with Gasteiger partial charge in [-0.2, -0.15) is 23.8 Å². The van der Waals surface area contributed by atoms with Gasteiger partial charge in [-0.1, -0.05) is 18.2 Å². The molecule has 12 nitrogen and oxygen atoms in total. The van der Waals surface area contributed by atoms with Crippen LogP contribution in [0.1, 0.15) is 16.7 Å². The molecular formula is C26H25N5O7S2. The van der Waals surface area contributed by atoms with Crippen LogP contribution in [0.25, 0.3) is 10.8 Å². The number of nitrogens with two attached hydrogens (primary N) is 1. The molecule has 0 radical (unpaired) electrons. The maximum Gasteiger partial charge on any atom is 0.425 e. The van der Waals surface area contributed by atoms with E-state index in [-0.39, 0.29) is 4.90 Å². The first-order valence-corrected chi connectivity index (χ1v) is 13.9. The van der Waals surface area contributed by atoms with Gasteiger partial charge < -0.3 is 10.5 Å². The second-order valence-electron chi connectivity index (χ2n) is 8.55. The van der Waals surface area contributed by atoms with Crippen molar-refractivity contribution in [2.75, 3.05) is 12.8 Å². The number of ether oxygens (including phenoxy) is 1. The van der Waals surface area contributed by atoms with Crippen LogP contribution in [0.4, 0.5) is 28.4 Å². The van der Waals surface area contributed by atoms with Gasteiger partial charge >= 0.3 is 10.6 Å². The second kappa shape index (κ2) is 12.5. The molecule has 0 fully saturated rings. The minimum absolute atomic E-state index is 0.184. The van der Waals surface area contributed by atoms with E-state index in [2.05, 4.69) is 20.5 Å². The molecule has 0 aromatic heterocycles. The Kier molecular flexibility index (Phi) is 9.42. The van der Waals surface area contributed by atoms with Crippen LogP contribution in [0.2, 0.25) is 0 Å². The maximum atomic E-state index is 11.7. The zero-order valence-electron chi connectivity index (χ0n) is 21.9. The maximum absolute atomic E-state index is 11.7. The Morgan fingerprint density at radius 1 is 0.775 bits per heavy atom. The van der Waals surface area contributed by atoms with Crippen molar-refractivity contribution in [2.24, 2.45) is 20.5 Å². The standard InChI is InChI=1S/C26H25N5O4S.O3S/c1-15-11-22(16(2)10-21(15)27)30-31-24-12-17(3)23(14-25(24)35-4)29-28-19-9-8-18-6-5-7-26(20(18)13-19)36(32,33)34;1-4(2)3/h5-14H,27H2,1-4H3,(H,32,33,34);. The number of fused-ring (bicyclic) bond motifs is 1. The summed E-state index contributed by atoms with van der Waals surface area (Å²) in [5, 5.41) is 18.3. The topological polar surface area (TPSA) is 190 Å². The van der Waals surface area contributed by atoms with Crippen molar-refractivity contribution in [3.8, 4) is 5.75 Å². The summed E-state index contributed by atoms with van der Waals surface area (Å²) < 4.78 is 63.9. The summed E-state index contributed by atoms with van der Waals surface area (Å²) in [5.74, 6) is 0.468. The number of rotatable bonds is 6. The van der Waals surface area contributed by atoms with E-state index in [1.807, 2.05) is 32.9 Å². The van der Waals surface area contributed by atoms with E-state index in [0.29, 0.717) is 45.0 Å². The highest BCUT2D eigenvalue weighted by atomic mass is 32.2. The predicted octanol–water partition coefficient (Wildman–Crippen LogP) is 6.43. The number of azo groups is 2. The number of anilines is 1. The molecule has 4 aromatic carbocycles. The molecule has 0 amide bonds. The molecular weight excluding hydrogens is 558 g/mol. The van der Waals surface area contributed by atoms with Gasteiger partial charge in [-0.15, -0.1) is 17.7 Å². The van der Waals surface area contributed by atoms with Crippen LogP contribution in [0, 0.1) is 20.8 Å². The summed E-state index contributed by atoms with van der Waals surface area (Å²) in [7, 11) is -5.96. The van der Waals surface area contributed by atoms with Crippen LogP contribution < -0.4 is 10.5 Å². The molecule has 208 valence electrons. The summed E-state index contributed by atoms with van der Waals surface area (Å²) in [6.45, 7) is 5.70. The van der Waals surface area contributed by atoms with Gasteiger partial charge in [-0.05, 0) is 79.2 Å². The first kappa shape index (κ1) is 30.0. The molecule has 0 atom stereocenters. The number of methoxy groups -OCH3 is 1. The van der Waals surface area contributed by atoms with Crippen molar-refractivity contribution in [3.05, 3.63) is 77.4 Å². The number of aryl methyl sites for hydroxylation is 3. The lowest BCUT2D eigenvalue weighted by molar-refractivity contribution is 0.416. The fourth-order valence-corrected chi connectivity index (χ4v) is 4.39. The average molecular weight is 584 g/mol. The summed E-state index contributed by atoms with van der Waals surface area (Å²) in [6.07, 6.45) is 0. The minimum atomic E-state index is -4.38. The van der Waals surface area contributed by atoms with Crippen molar-refractivity contribution in [2.45, 2.75) is 25.7 Å². The number of nitrogens with zero attached hydrogens (tertiary/aromatic N) is 4. The predicted molar refractivity (Wildman–Crippen MR) is 150 cm³/mol. The van der Waals surface area contributed by atoms with Crippen molar-refractivity contribution >= 4 is 59.9 Å². The Bertz CT molecular complexity index is 1870. The van der Waals surface area contributed by atoms with Crippen LogP contribution in [0.3, 0.4) is 0 Å². The van der Waals surface area contributed by atoms with Gasteiger partial charge in [0.2, 0.25) is 0 Å². The molecule has 0 saturated heterocycles. The largest absolute Gasteiger partial charge is 0.494 e. The van der Waals surface area contributed by atoms with Crippen LogP contribution >= 0.6 is 0 Å². The van der Waals surface area contributed by atoms with Crippen LogP contribution in [-0.4, -0.2) is 32.7 Å². The van der Waals surface area contributed by atoms with E-state index in [9.17, 15) is 13.0 Å². The Balaban J connectivity index is 0.00000103. The fourth-order valence-electron chi connectivity index (χ4n) is 3.68. The average Bonchev–Trinajstić information content (AvgIpc) is 2.88. The van der Waals surface area contributed by atoms with E-state index >= 15 is 0 Å². The summed E-state index contributed by atoms with van der Waals surface area (Å²) in [4.78, 5) is -0.184. The Labute approximate surface area is 232 Å². The molecule has 3 N–H and O–H groups in total. The molecule has 4 rings (SSSR count). The SMILES string of the molecule is COc1cc(N=Nc2ccc3cccc(S(=O)(=O)O)c3c2)c(C)cc1N=Nc1cc(C)c(N)cc1C.O=S(=O)=O. The third-order valence-electron chi connectivity index (χ3n) is 5.72. The van der Waals surface area contributed by atoms with Gasteiger partial charge in [0.15, 0.2) is 0 Å². The highest BCUT2D eigenvalue weighted by molar-refractivity contribution is 7.86. The molecule has 0 bridgehead atoms. The molecule has 0 unspecified atom stereocenters. The number of benzene rings is 4. The first-order valence-electron chi connectivity index (χ1n) is 11.5. The number of nitrogen functional groups attached to an aromatic ring is 1. The molecule has 0 heterocycles. The Hall–Kier alpha value is -4.53. The van der Waals surface area contributed by atoms with Gasteiger partial charge in [0, 0.05) is 17.1 Å². The molecule has 0 aliphatic rings. The lowest BCUT2D eigenvalue weighted by Crippen LogP contribution is -1.98. The third kappa shape index (κ3) is 7.53. The zero-order chi connectivity index (χ0) is 29.6. The van der Waals surface area contributed by atoms with Gasteiger partial charge in [0.05, 0.1) is 24.2 Å². The monoisotopic (exact) mass is 583 g/mol. The highest BCUT2D eigenvalue weighted by Crippen LogP contribution is 2.37. The van der Waals surface area contributed by atoms with E-state index in [4.69, 9.17) is 23.1 Å². The summed E-state index contributed by atoms with van der Waals surface area (Å²) in [5.41, 5.74) is 11.5. The van der Waals surface area contributed by atoms with Crippen molar-refractivity contribution in [1.82, 2.24) is 0 Å². The van der Waals surface area contributed by atoms with E-state index < -0.39 is 20.7 Å². The van der Waals surface area contributed by atoms with Gasteiger partial charge in [-0.3, -0.25) is 4.55 Å². The molecule has 0 aliphatic carbocycles. The fraction of sp³-hybridized carbons (Fsp3) is 0.154. The van der Waals surface area contributed by atoms with Gasteiger partial charge in [-0.25, -0.2) is 0 Å². The van der Waals surface area contributed by atoms with Crippen molar-refractivity contribution in [1.29, 1.82) is 0 Å². The van der Waals surface area contributed by atoms with Crippen molar-refractivity contribution < 1.29 is 30.3 Å². The minimum Gasteiger partial charge on any atom is -0.494 e. The lowest BCUT2D eigenvalue weighted by Gasteiger charge is -2.08. The second-order valence-corrected chi connectivity index (χ2v) is 10.3. The normalized spacial score (nSPS) is 11.5. The highest BCUT2D eigenvalue weighted by Gasteiger charge is 2.14. The Morgan fingerprint density at radius 2 is 1.35 bits per heavy atom. The summed E-state index contributed by atoms with van der Waals surface area (Å²) >= 11 is 0.